The minimum atomic E-state index is -0.0185. The largest absolute Gasteiger partial charge is 0.349 e. The Morgan fingerprint density at radius 1 is 1.18 bits per heavy atom. The van der Waals surface area contributed by atoms with Crippen molar-refractivity contribution in [2.45, 2.75) is 39.0 Å². The first-order valence-electron chi connectivity index (χ1n) is 9.41. The number of aromatic nitrogens is 2. The lowest BCUT2D eigenvalue weighted by Crippen LogP contribution is -2.28. The molecule has 28 heavy (non-hydrogen) atoms. The second-order valence-electron chi connectivity index (χ2n) is 6.70. The molecule has 0 aliphatic rings. The van der Waals surface area contributed by atoms with Crippen LogP contribution in [0, 0.1) is 6.92 Å². The Morgan fingerprint density at radius 3 is 2.64 bits per heavy atom. The van der Waals surface area contributed by atoms with Crippen molar-refractivity contribution in [1.29, 1.82) is 0 Å². The van der Waals surface area contributed by atoms with Crippen molar-refractivity contribution >= 4 is 17.7 Å². The van der Waals surface area contributed by atoms with E-state index in [1.54, 1.807) is 0 Å². The van der Waals surface area contributed by atoms with Crippen LogP contribution in [0.25, 0.3) is 11.4 Å². The minimum Gasteiger partial charge on any atom is -0.349 e. The third kappa shape index (κ3) is 5.23. The van der Waals surface area contributed by atoms with Gasteiger partial charge in [-0.25, -0.2) is 0 Å². The molecule has 0 bridgehead atoms. The second kappa shape index (κ2) is 9.55. The maximum Gasteiger partial charge on any atom is 0.236 e. The summed E-state index contributed by atoms with van der Waals surface area (Å²) in [6.07, 6.45) is 1.01. The zero-order valence-electron chi connectivity index (χ0n) is 16.4. The molecule has 1 aromatic heterocycles. The zero-order valence-corrected chi connectivity index (χ0v) is 17.3. The Bertz CT molecular complexity index is 922. The van der Waals surface area contributed by atoms with Gasteiger partial charge in [0.05, 0.1) is 17.5 Å². The molecule has 0 radical (unpaired) electrons. The summed E-state index contributed by atoms with van der Waals surface area (Å²) in [7, 11) is 0. The van der Waals surface area contributed by atoms with Crippen LogP contribution in [-0.4, -0.2) is 21.8 Å². The fourth-order valence-corrected chi connectivity index (χ4v) is 3.55. The molecule has 146 valence electrons. The van der Waals surface area contributed by atoms with Crippen molar-refractivity contribution < 1.29 is 9.32 Å². The highest BCUT2D eigenvalue weighted by atomic mass is 32.2. The number of benzene rings is 2. The van der Waals surface area contributed by atoms with Gasteiger partial charge in [-0.1, -0.05) is 60.6 Å². The van der Waals surface area contributed by atoms with E-state index in [1.165, 1.54) is 17.3 Å². The first-order valence-corrected chi connectivity index (χ1v) is 10.6. The summed E-state index contributed by atoms with van der Waals surface area (Å²) in [6, 6.07) is 16.3. The van der Waals surface area contributed by atoms with Gasteiger partial charge in [0, 0.05) is 5.56 Å². The van der Waals surface area contributed by atoms with Crippen LogP contribution in [0.15, 0.2) is 53.1 Å². The maximum absolute atomic E-state index is 12.2. The first kappa shape index (κ1) is 20.1. The highest BCUT2D eigenvalue weighted by molar-refractivity contribution is 7.99. The molecular formula is C22H25N3O2S. The van der Waals surface area contributed by atoms with E-state index in [0.29, 0.717) is 23.2 Å². The standard InChI is InChI=1S/C22H25N3O2S/c1-4-17-9-11-18(12-10-17)16(3)23-20(26)13-28-14-21-24-22(25-27-21)19-8-6-5-7-15(19)2/h5-12,16H,4,13-14H2,1-3H3,(H,23,26). The van der Waals surface area contributed by atoms with E-state index in [0.717, 1.165) is 23.1 Å². The molecule has 1 N–H and O–H groups in total. The molecule has 6 heteroatoms. The normalized spacial score (nSPS) is 12.0. The predicted molar refractivity (Wildman–Crippen MR) is 113 cm³/mol. The molecular weight excluding hydrogens is 370 g/mol. The maximum atomic E-state index is 12.2. The number of hydrogen-bond acceptors (Lipinski definition) is 5. The van der Waals surface area contributed by atoms with Gasteiger partial charge in [0.1, 0.15) is 0 Å². The second-order valence-corrected chi connectivity index (χ2v) is 7.69. The Hall–Kier alpha value is -2.60. The molecule has 0 saturated carbocycles. The third-order valence-corrected chi connectivity index (χ3v) is 5.50. The van der Waals surface area contributed by atoms with E-state index in [2.05, 4.69) is 46.6 Å². The fourth-order valence-electron chi connectivity index (χ4n) is 2.89. The molecule has 3 rings (SSSR count). The van der Waals surface area contributed by atoms with Crippen LogP contribution < -0.4 is 5.32 Å². The van der Waals surface area contributed by atoms with Gasteiger partial charge < -0.3 is 9.84 Å². The van der Waals surface area contributed by atoms with Gasteiger partial charge in [-0.2, -0.15) is 4.98 Å². The van der Waals surface area contributed by atoms with Crippen LogP contribution in [0.5, 0.6) is 0 Å². The highest BCUT2D eigenvalue weighted by Gasteiger charge is 2.13. The predicted octanol–water partition coefficient (Wildman–Crippen LogP) is 4.72. The van der Waals surface area contributed by atoms with E-state index >= 15 is 0 Å². The van der Waals surface area contributed by atoms with E-state index in [-0.39, 0.29) is 11.9 Å². The fraction of sp³-hybridized carbons (Fsp3) is 0.318. The quantitative estimate of drug-likeness (QED) is 0.598. The van der Waals surface area contributed by atoms with Crippen LogP contribution in [0.4, 0.5) is 0 Å². The molecule has 2 aromatic carbocycles. The summed E-state index contributed by atoms with van der Waals surface area (Å²) in [5.41, 5.74) is 4.46. The van der Waals surface area contributed by atoms with Gasteiger partial charge in [-0.05, 0) is 37.0 Å². The molecule has 3 aromatic rings. The van der Waals surface area contributed by atoms with E-state index in [9.17, 15) is 4.79 Å². The molecule has 0 fully saturated rings. The van der Waals surface area contributed by atoms with Crippen LogP contribution >= 0.6 is 11.8 Å². The van der Waals surface area contributed by atoms with Gasteiger partial charge >= 0.3 is 0 Å². The molecule has 1 amide bonds. The Balaban J connectivity index is 1.47. The number of nitrogens with zero attached hydrogens (tertiary/aromatic N) is 2. The SMILES string of the molecule is CCc1ccc(C(C)NC(=O)CSCc2nc(-c3ccccc3C)no2)cc1. The number of aryl methyl sites for hydroxylation is 2. The first-order chi connectivity index (χ1) is 13.6. The average molecular weight is 396 g/mol. The molecule has 0 aliphatic carbocycles. The smallest absolute Gasteiger partial charge is 0.236 e. The minimum absolute atomic E-state index is 0.00397. The molecule has 5 nitrogen and oxygen atoms in total. The number of carbonyl (C=O) groups excluding carboxylic acids is 1. The van der Waals surface area contributed by atoms with Crippen LogP contribution in [0.2, 0.25) is 0 Å². The monoisotopic (exact) mass is 395 g/mol. The van der Waals surface area contributed by atoms with Crippen molar-refractivity contribution in [1.82, 2.24) is 15.5 Å². The summed E-state index contributed by atoms with van der Waals surface area (Å²) in [4.78, 5) is 16.6. The topological polar surface area (TPSA) is 68.0 Å². The number of amides is 1. The van der Waals surface area contributed by atoms with E-state index < -0.39 is 0 Å². The van der Waals surface area contributed by atoms with E-state index in [4.69, 9.17) is 4.52 Å². The van der Waals surface area contributed by atoms with Gasteiger partial charge in [-0.15, -0.1) is 11.8 Å². The molecule has 1 atom stereocenters. The molecule has 0 aliphatic heterocycles. The average Bonchev–Trinajstić information content (AvgIpc) is 3.17. The summed E-state index contributed by atoms with van der Waals surface area (Å²) in [5.74, 6) is 1.96. The van der Waals surface area contributed by atoms with Crippen LogP contribution in [0.3, 0.4) is 0 Å². The van der Waals surface area contributed by atoms with E-state index in [1.807, 2.05) is 38.1 Å². The Kier molecular flexibility index (Phi) is 6.87. The number of carbonyl (C=O) groups is 1. The number of rotatable bonds is 8. The van der Waals surface area contributed by atoms with Gasteiger partial charge in [0.25, 0.3) is 0 Å². The lowest BCUT2D eigenvalue weighted by molar-refractivity contribution is -0.119. The van der Waals surface area contributed by atoms with Crippen molar-refractivity contribution in [3.8, 4) is 11.4 Å². The van der Waals surface area contributed by atoms with Crippen molar-refractivity contribution in [2.75, 3.05) is 5.75 Å². The van der Waals surface area contributed by atoms with Gasteiger partial charge in [-0.3, -0.25) is 4.79 Å². The van der Waals surface area contributed by atoms with Crippen molar-refractivity contribution in [3.05, 3.63) is 71.1 Å². The number of nitrogens with one attached hydrogen (secondary N) is 1. The summed E-state index contributed by atoms with van der Waals surface area (Å²) < 4.78 is 5.31. The zero-order chi connectivity index (χ0) is 19.9. The third-order valence-electron chi connectivity index (χ3n) is 4.58. The number of thioether (sulfide) groups is 1. The van der Waals surface area contributed by atoms with Crippen LogP contribution in [-0.2, 0) is 17.0 Å². The van der Waals surface area contributed by atoms with Gasteiger partial charge in [0.2, 0.25) is 17.6 Å². The van der Waals surface area contributed by atoms with Crippen molar-refractivity contribution in [3.63, 3.8) is 0 Å². The summed E-state index contributed by atoms with van der Waals surface area (Å²) in [6.45, 7) is 6.14. The molecule has 0 saturated heterocycles. The lowest BCUT2D eigenvalue weighted by atomic mass is 10.1. The molecule has 1 unspecified atom stereocenters. The lowest BCUT2D eigenvalue weighted by Gasteiger charge is -2.14. The molecule has 1 heterocycles. The Morgan fingerprint density at radius 2 is 1.93 bits per heavy atom. The summed E-state index contributed by atoms with van der Waals surface area (Å²) >= 11 is 1.46. The highest BCUT2D eigenvalue weighted by Crippen LogP contribution is 2.21. The summed E-state index contributed by atoms with van der Waals surface area (Å²) in [5, 5.41) is 7.08. The molecule has 0 spiro atoms. The Labute approximate surface area is 169 Å². The van der Waals surface area contributed by atoms with Gasteiger partial charge in [0.15, 0.2) is 0 Å². The van der Waals surface area contributed by atoms with Crippen molar-refractivity contribution in [2.24, 2.45) is 0 Å². The number of hydrogen-bond donors (Lipinski definition) is 1. The van der Waals surface area contributed by atoms with Crippen LogP contribution in [0.1, 0.15) is 42.5 Å².